The Morgan fingerprint density at radius 2 is 1.96 bits per heavy atom. The SMILES string of the molecule is O=C(NO)C1CCc2cccc(Oc3ccnc(NC(=O)C4CC4)c3)c2C1. The molecule has 27 heavy (non-hydrogen) atoms. The summed E-state index contributed by atoms with van der Waals surface area (Å²) in [5.74, 6) is 1.16. The van der Waals surface area contributed by atoms with Crippen LogP contribution in [-0.4, -0.2) is 22.0 Å². The van der Waals surface area contributed by atoms with E-state index in [0.29, 0.717) is 30.2 Å². The van der Waals surface area contributed by atoms with Gasteiger partial charge in [-0.05, 0) is 55.4 Å². The molecule has 2 aliphatic rings. The van der Waals surface area contributed by atoms with E-state index in [1.165, 1.54) is 0 Å². The molecule has 0 radical (unpaired) electrons. The molecule has 0 aliphatic heterocycles. The summed E-state index contributed by atoms with van der Waals surface area (Å²) in [5, 5.41) is 11.7. The van der Waals surface area contributed by atoms with Crippen molar-refractivity contribution in [1.29, 1.82) is 0 Å². The molecule has 0 saturated heterocycles. The molecule has 1 aromatic heterocycles. The van der Waals surface area contributed by atoms with Crippen molar-refractivity contribution in [3.8, 4) is 11.5 Å². The zero-order valence-electron chi connectivity index (χ0n) is 14.8. The fraction of sp³-hybridized carbons (Fsp3) is 0.350. The maximum absolute atomic E-state index is 11.9. The molecule has 7 heteroatoms. The number of fused-ring (bicyclic) bond motifs is 1. The maximum Gasteiger partial charge on any atom is 0.246 e. The van der Waals surface area contributed by atoms with Gasteiger partial charge in [0.05, 0.1) is 0 Å². The minimum Gasteiger partial charge on any atom is -0.457 e. The van der Waals surface area contributed by atoms with E-state index >= 15 is 0 Å². The van der Waals surface area contributed by atoms with Gasteiger partial charge in [-0.15, -0.1) is 0 Å². The van der Waals surface area contributed by atoms with Crippen molar-refractivity contribution >= 4 is 17.6 Å². The average Bonchev–Trinajstić information content (AvgIpc) is 3.53. The van der Waals surface area contributed by atoms with E-state index in [2.05, 4.69) is 10.3 Å². The van der Waals surface area contributed by atoms with E-state index in [4.69, 9.17) is 9.94 Å². The summed E-state index contributed by atoms with van der Waals surface area (Å²) in [6, 6.07) is 9.24. The normalized spacial score (nSPS) is 18.3. The van der Waals surface area contributed by atoms with Gasteiger partial charge in [0, 0.05) is 24.1 Å². The van der Waals surface area contributed by atoms with Crippen molar-refractivity contribution < 1.29 is 19.5 Å². The molecular weight excluding hydrogens is 346 g/mol. The van der Waals surface area contributed by atoms with Crippen molar-refractivity contribution in [2.24, 2.45) is 11.8 Å². The number of hydroxylamine groups is 1. The summed E-state index contributed by atoms with van der Waals surface area (Å²) < 4.78 is 6.05. The van der Waals surface area contributed by atoms with Gasteiger partial charge < -0.3 is 10.1 Å². The number of benzene rings is 1. The van der Waals surface area contributed by atoms with Gasteiger partial charge in [0.25, 0.3) is 0 Å². The molecule has 0 spiro atoms. The molecule has 2 aromatic rings. The number of ether oxygens (including phenoxy) is 1. The van der Waals surface area contributed by atoms with Gasteiger partial charge in [0.2, 0.25) is 11.8 Å². The lowest BCUT2D eigenvalue weighted by Crippen LogP contribution is -2.32. The van der Waals surface area contributed by atoms with Crippen LogP contribution in [0.4, 0.5) is 5.82 Å². The molecule has 4 rings (SSSR count). The quantitative estimate of drug-likeness (QED) is 0.557. The van der Waals surface area contributed by atoms with E-state index in [0.717, 1.165) is 30.4 Å². The van der Waals surface area contributed by atoms with Crippen LogP contribution >= 0.6 is 0 Å². The van der Waals surface area contributed by atoms with Crippen molar-refractivity contribution in [2.45, 2.75) is 32.1 Å². The molecule has 7 nitrogen and oxygen atoms in total. The lowest BCUT2D eigenvalue weighted by atomic mass is 9.83. The third-order valence-electron chi connectivity index (χ3n) is 5.08. The van der Waals surface area contributed by atoms with Crippen LogP contribution in [0, 0.1) is 11.8 Å². The standard InChI is InChI=1S/C20H21N3O4/c24-19(13-5-6-13)22-18-11-15(8-9-21-18)27-17-3-1-2-12-4-7-14(10-16(12)17)20(25)23-26/h1-3,8-9,11,13-14,26H,4-7,10H2,(H,23,25)(H,21,22,24). The molecule has 1 saturated carbocycles. The largest absolute Gasteiger partial charge is 0.457 e. The van der Waals surface area contributed by atoms with Crippen LogP contribution in [0.1, 0.15) is 30.4 Å². The lowest BCUT2D eigenvalue weighted by molar-refractivity contribution is -0.133. The van der Waals surface area contributed by atoms with Gasteiger partial charge >= 0.3 is 0 Å². The van der Waals surface area contributed by atoms with Crippen LogP contribution in [0.2, 0.25) is 0 Å². The number of carbonyl (C=O) groups excluding carboxylic acids is 2. The zero-order chi connectivity index (χ0) is 18.8. The van der Waals surface area contributed by atoms with Crippen molar-refractivity contribution in [3.63, 3.8) is 0 Å². The van der Waals surface area contributed by atoms with Crippen molar-refractivity contribution in [1.82, 2.24) is 10.5 Å². The maximum atomic E-state index is 11.9. The van der Waals surface area contributed by atoms with E-state index in [1.807, 2.05) is 18.2 Å². The number of aryl methyl sites for hydroxylation is 1. The molecule has 1 unspecified atom stereocenters. The Hall–Kier alpha value is -2.93. The van der Waals surface area contributed by atoms with Gasteiger partial charge in [-0.1, -0.05) is 12.1 Å². The highest BCUT2D eigenvalue weighted by molar-refractivity contribution is 5.93. The number of aromatic nitrogens is 1. The van der Waals surface area contributed by atoms with E-state index in [1.54, 1.807) is 23.8 Å². The molecule has 3 N–H and O–H groups in total. The Kier molecular flexibility index (Phi) is 4.77. The summed E-state index contributed by atoms with van der Waals surface area (Å²) in [7, 11) is 0. The van der Waals surface area contributed by atoms with Crippen LogP contribution in [0.5, 0.6) is 11.5 Å². The number of rotatable bonds is 5. The molecule has 140 valence electrons. The number of anilines is 1. The predicted molar refractivity (Wildman–Crippen MR) is 97.6 cm³/mol. The molecule has 1 heterocycles. The Morgan fingerprint density at radius 3 is 2.74 bits per heavy atom. The summed E-state index contributed by atoms with van der Waals surface area (Å²) >= 11 is 0. The first-order valence-electron chi connectivity index (χ1n) is 9.13. The highest BCUT2D eigenvalue weighted by Crippen LogP contribution is 2.35. The van der Waals surface area contributed by atoms with Gasteiger partial charge in [0.15, 0.2) is 0 Å². The number of hydrogen-bond donors (Lipinski definition) is 3. The third kappa shape index (κ3) is 3.93. The monoisotopic (exact) mass is 367 g/mol. The number of pyridine rings is 1. The number of nitrogens with zero attached hydrogens (tertiary/aromatic N) is 1. The Bertz CT molecular complexity index is 879. The van der Waals surface area contributed by atoms with E-state index < -0.39 is 0 Å². The van der Waals surface area contributed by atoms with Crippen molar-refractivity contribution in [3.05, 3.63) is 47.7 Å². The van der Waals surface area contributed by atoms with Crippen LogP contribution in [0.3, 0.4) is 0 Å². The topological polar surface area (TPSA) is 101 Å². The van der Waals surface area contributed by atoms with Gasteiger partial charge in [-0.25, -0.2) is 10.5 Å². The average molecular weight is 367 g/mol. The molecular formula is C20H21N3O4. The first kappa shape index (κ1) is 17.5. The molecule has 2 amide bonds. The molecule has 0 bridgehead atoms. The van der Waals surface area contributed by atoms with Crippen molar-refractivity contribution in [2.75, 3.05) is 5.32 Å². The third-order valence-corrected chi connectivity index (χ3v) is 5.08. The summed E-state index contributed by atoms with van der Waals surface area (Å²) in [6.07, 6.45) is 5.41. The molecule has 1 aromatic carbocycles. The second-order valence-corrected chi connectivity index (χ2v) is 7.05. The van der Waals surface area contributed by atoms with E-state index in [9.17, 15) is 9.59 Å². The smallest absolute Gasteiger partial charge is 0.246 e. The minimum absolute atomic E-state index is 0.00500. The number of hydrogen-bond acceptors (Lipinski definition) is 5. The fourth-order valence-corrected chi connectivity index (χ4v) is 3.41. The minimum atomic E-state index is -0.371. The summed E-state index contributed by atoms with van der Waals surface area (Å²) in [6.45, 7) is 0. The lowest BCUT2D eigenvalue weighted by Gasteiger charge is -2.25. The second kappa shape index (κ2) is 7.36. The zero-order valence-corrected chi connectivity index (χ0v) is 14.8. The number of nitrogens with one attached hydrogen (secondary N) is 2. The van der Waals surface area contributed by atoms with Crippen LogP contribution < -0.4 is 15.5 Å². The van der Waals surface area contributed by atoms with E-state index in [-0.39, 0.29) is 23.7 Å². The second-order valence-electron chi connectivity index (χ2n) is 7.05. The Labute approximate surface area is 156 Å². The predicted octanol–water partition coefficient (Wildman–Crippen LogP) is 2.83. The first-order valence-corrected chi connectivity index (χ1v) is 9.13. The van der Waals surface area contributed by atoms with Gasteiger partial charge in [0.1, 0.15) is 17.3 Å². The summed E-state index contributed by atoms with van der Waals surface area (Å²) in [5.41, 5.74) is 3.86. The van der Waals surface area contributed by atoms with Crippen LogP contribution in [-0.2, 0) is 22.4 Å². The summed E-state index contributed by atoms with van der Waals surface area (Å²) in [4.78, 5) is 27.9. The van der Waals surface area contributed by atoms with Gasteiger partial charge in [-0.2, -0.15) is 0 Å². The van der Waals surface area contributed by atoms with Gasteiger partial charge in [-0.3, -0.25) is 14.8 Å². The molecule has 2 aliphatic carbocycles. The Balaban J connectivity index is 1.53. The highest BCUT2D eigenvalue weighted by Gasteiger charge is 2.30. The molecule has 1 fully saturated rings. The number of carbonyl (C=O) groups is 2. The first-order chi connectivity index (χ1) is 13.1. The highest BCUT2D eigenvalue weighted by atomic mass is 16.5. The Morgan fingerprint density at radius 1 is 1.11 bits per heavy atom. The van der Waals surface area contributed by atoms with Crippen LogP contribution in [0.25, 0.3) is 0 Å². The number of amides is 2. The molecule has 1 atom stereocenters. The fourth-order valence-electron chi connectivity index (χ4n) is 3.41. The van der Waals surface area contributed by atoms with Crippen LogP contribution in [0.15, 0.2) is 36.5 Å².